The molecule has 1 aromatic carbocycles. The Morgan fingerprint density at radius 3 is 2.29 bits per heavy atom. The number of hydrogen-bond acceptors (Lipinski definition) is 4. The lowest BCUT2D eigenvalue weighted by atomic mass is 9.90. The summed E-state index contributed by atoms with van der Waals surface area (Å²) in [6, 6.07) is 5.96. The quantitative estimate of drug-likeness (QED) is 0.494. The van der Waals surface area contributed by atoms with Crippen LogP contribution in [0.5, 0.6) is 0 Å². The Kier molecular flexibility index (Phi) is 5.63. The average molecular weight is 326 g/mol. The Balaban J connectivity index is 2.15. The van der Waals surface area contributed by atoms with E-state index in [0.717, 1.165) is 23.4 Å². The van der Waals surface area contributed by atoms with Crippen LogP contribution in [0.15, 0.2) is 51.7 Å². The molecule has 1 atom stereocenters. The molecule has 0 radical (unpaired) electrons. The van der Waals surface area contributed by atoms with E-state index < -0.39 is 0 Å². The first-order valence-electron chi connectivity index (χ1n) is 7.85. The number of allylic oxidation sites excluding steroid dienone is 2. The van der Waals surface area contributed by atoms with Crippen LogP contribution < -0.4 is 11.5 Å². The molecule has 0 fully saturated rings. The molecule has 0 spiro atoms. The standard InChI is InChI=1S/C18H26N6/c1-23(2)11-21-17-7-5-13(9-15(17)19)14-6-8-18(16(20)10-14)22-12-24(3)4/h5,7-12,14H,6,19-20H2,1-4H3. The molecule has 0 aliphatic heterocycles. The molecule has 6 nitrogen and oxygen atoms in total. The Labute approximate surface area is 143 Å². The molecule has 4 N–H and O–H groups in total. The number of anilines is 1. The summed E-state index contributed by atoms with van der Waals surface area (Å²) in [7, 11) is 7.70. The van der Waals surface area contributed by atoms with Gasteiger partial charge in [0.05, 0.1) is 35.4 Å². The molecule has 0 saturated carbocycles. The first-order valence-corrected chi connectivity index (χ1v) is 7.85. The molecule has 1 aromatic rings. The van der Waals surface area contributed by atoms with E-state index in [1.165, 1.54) is 0 Å². The minimum absolute atomic E-state index is 0.206. The van der Waals surface area contributed by atoms with Gasteiger partial charge in [0.15, 0.2) is 0 Å². The van der Waals surface area contributed by atoms with Crippen molar-refractivity contribution in [2.75, 3.05) is 33.9 Å². The molecule has 0 saturated heterocycles. The second-order valence-electron chi connectivity index (χ2n) is 6.29. The Hall–Kier alpha value is -2.76. The van der Waals surface area contributed by atoms with Crippen LogP contribution in [0.3, 0.4) is 0 Å². The third-order valence-corrected chi connectivity index (χ3v) is 3.58. The van der Waals surface area contributed by atoms with E-state index in [9.17, 15) is 0 Å². The second kappa shape index (κ2) is 7.68. The van der Waals surface area contributed by atoms with E-state index in [1.54, 1.807) is 12.7 Å². The number of nitrogens with two attached hydrogens (primary N) is 2. The van der Waals surface area contributed by atoms with Crippen molar-refractivity contribution in [2.24, 2.45) is 15.7 Å². The van der Waals surface area contributed by atoms with Crippen LogP contribution in [-0.2, 0) is 0 Å². The molecule has 2 rings (SSSR count). The summed E-state index contributed by atoms with van der Waals surface area (Å²) in [5.74, 6) is 0.206. The van der Waals surface area contributed by atoms with Gasteiger partial charge in [0.25, 0.3) is 0 Å². The molecule has 0 bridgehead atoms. The van der Waals surface area contributed by atoms with Gasteiger partial charge in [0.2, 0.25) is 0 Å². The van der Waals surface area contributed by atoms with E-state index in [4.69, 9.17) is 11.5 Å². The van der Waals surface area contributed by atoms with Gasteiger partial charge in [-0.3, -0.25) is 0 Å². The monoisotopic (exact) mass is 326 g/mol. The molecular formula is C18H26N6. The molecular weight excluding hydrogens is 300 g/mol. The fourth-order valence-corrected chi connectivity index (χ4v) is 2.36. The van der Waals surface area contributed by atoms with Gasteiger partial charge in [-0.2, -0.15) is 0 Å². The van der Waals surface area contributed by atoms with Gasteiger partial charge in [-0.25, -0.2) is 9.98 Å². The zero-order chi connectivity index (χ0) is 17.7. The van der Waals surface area contributed by atoms with E-state index in [1.807, 2.05) is 56.2 Å². The molecule has 6 heteroatoms. The normalized spacial score (nSPS) is 17.9. The number of nitrogen functional groups attached to an aromatic ring is 1. The SMILES string of the molecule is CN(C)C=NC1=CCC(c2ccc(N=CN(C)C)c(N)c2)C=C1N. The largest absolute Gasteiger partial charge is 0.397 e. The zero-order valence-electron chi connectivity index (χ0n) is 14.8. The van der Waals surface area contributed by atoms with Gasteiger partial charge in [-0.05, 0) is 24.1 Å². The third-order valence-electron chi connectivity index (χ3n) is 3.58. The zero-order valence-corrected chi connectivity index (χ0v) is 14.8. The van der Waals surface area contributed by atoms with Crippen molar-refractivity contribution in [3.63, 3.8) is 0 Å². The Morgan fingerprint density at radius 2 is 1.71 bits per heavy atom. The fourth-order valence-electron chi connectivity index (χ4n) is 2.36. The maximum Gasteiger partial charge on any atom is 0.0908 e. The van der Waals surface area contributed by atoms with E-state index in [-0.39, 0.29) is 5.92 Å². The molecule has 1 unspecified atom stereocenters. The molecule has 0 heterocycles. The van der Waals surface area contributed by atoms with Crippen molar-refractivity contribution in [2.45, 2.75) is 12.3 Å². The van der Waals surface area contributed by atoms with Gasteiger partial charge in [-0.15, -0.1) is 0 Å². The van der Waals surface area contributed by atoms with Crippen molar-refractivity contribution in [1.29, 1.82) is 0 Å². The molecule has 1 aliphatic carbocycles. The van der Waals surface area contributed by atoms with E-state index in [0.29, 0.717) is 11.4 Å². The summed E-state index contributed by atoms with van der Waals surface area (Å²) in [4.78, 5) is 12.5. The summed E-state index contributed by atoms with van der Waals surface area (Å²) in [6.45, 7) is 0. The van der Waals surface area contributed by atoms with Crippen molar-refractivity contribution in [3.05, 3.63) is 47.3 Å². The maximum atomic E-state index is 6.14. The van der Waals surface area contributed by atoms with E-state index >= 15 is 0 Å². The van der Waals surface area contributed by atoms with E-state index in [2.05, 4.69) is 22.1 Å². The van der Waals surface area contributed by atoms with Crippen molar-refractivity contribution in [3.8, 4) is 0 Å². The van der Waals surface area contributed by atoms with Crippen molar-refractivity contribution >= 4 is 24.1 Å². The molecule has 128 valence electrons. The Morgan fingerprint density at radius 1 is 1.04 bits per heavy atom. The highest BCUT2D eigenvalue weighted by molar-refractivity contribution is 5.70. The van der Waals surface area contributed by atoms with Crippen LogP contribution in [0.2, 0.25) is 0 Å². The minimum atomic E-state index is 0.206. The van der Waals surface area contributed by atoms with Gasteiger partial charge in [0, 0.05) is 34.1 Å². The van der Waals surface area contributed by atoms with Crippen LogP contribution in [0.4, 0.5) is 11.4 Å². The number of benzene rings is 1. The average Bonchev–Trinajstić information content (AvgIpc) is 2.52. The highest BCUT2D eigenvalue weighted by atomic mass is 15.1. The van der Waals surface area contributed by atoms with Gasteiger partial charge >= 0.3 is 0 Å². The van der Waals surface area contributed by atoms with Crippen LogP contribution in [0, 0.1) is 0 Å². The number of nitrogens with zero attached hydrogens (tertiary/aromatic N) is 4. The molecule has 0 aromatic heterocycles. The second-order valence-corrected chi connectivity index (χ2v) is 6.29. The van der Waals surface area contributed by atoms with Gasteiger partial charge < -0.3 is 21.3 Å². The lowest BCUT2D eigenvalue weighted by Crippen LogP contribution is -2.12. The summed E-state index contributed by atoms with van der Waals surface area (Å²) < 4.78 is 0. The van der Waals surface area contributed by atoms with Gasteiger partial charge in [0.1, 0.15) is 0 Å². The first kappa shape index (κ1) is 17.6. The predicted molar refractivity (Wildman–Crippen MR) is 103 cm³/mol. The summed E-state index contributed by atoms with van der Waals surface area (Å²) in [6.07, 6.45) is 8.44. The van der Waals surface area contributed by atoms with Crippen molar-refractivity contribution < 1.29 is 0 Å². The number of rotatable bonds is 5. The van der Waals surface area contributed by atoms with Crippen LogP contribution >= 0.6 is 0 Å². The number of aliphatic imine (C=N–C) groups is 2. The third kappa shape index (κ3) is 4.62. The minimum Gasteiger partial charge on any atom is -0.397 e. The molecule has 0 amide bonds. The van der Waals surface area contributed by atoms with Crippen LogP contribution in [0.1, 0.15) is 17.9 Å². The highest BCUT2D eigenvalue weighted by Crippen LogP contribution is 2.33. The summed E-state index contributed by atoms with van der Waals surface area (Å²) in [5, 5.41) is 0. The van der Waals surface area contributed by atoms with Crippen LogP contribution in [-0.4, -0.2) is 50.7 Å². The first-order chi connectivity index (χ1) is 11.4. The maximum absolute atomic E-state index is 6.14. The van der Waals surface area contributed by atoms with Crippen molar-refractivity contribution in [1.82, 2.24) is 9.80 Å². The fraction of sp³-hybridized carbons (Fsp3) is 0.333. The molecule has 24 heavy (non-hydrogen) atoms. The summed E-state index contributed by atoms with van der Waals surface area (Å²) in [5.41, 5.74) is 16.3. The summed E-state index contributed by atoms with van der Waals surface area (Å²) >= 11 is 0. The lowest BCUT2D eigenvalue weighted by molar-refractivity contribution is 0.641. The lowest BCUT2D eigenvalue weighted by Gasteiger charge is -2.19. The Bertz CT molecular complexity index is 697. The molecule has 1 aliphatic rings. The highest BCUT2D eigenvalue weighted by Gasteiger charge is 2.16. The number of hydrogen-bond donors (Lipinski definition) is 2. The smallest absolute Gasteiger partial charge is 0.0908 e. The predicted octanol–water partition coefficient (Wildman–Crippen LogP) is 2.29. The van der Waals surface area contributed by atoms with Crippen LogP contribution in [0.25, 0.3) is 0 Å². The van der Waals surface area contributed by atoms with Gasteiger partial charge in [-0.1, -0.05) is 18.2 Å². The topological polar surface area (TPSA) is 83.2 Å².